The molecule has 0 heterocycles. The van der Waals surface area contributed by atoms with Crippen LogP contribution in [0.25, 0.3) is 0 Å². The molecule has 0 aliphatic rings. The number of unbranched alkanes of at least 4 members (excludes halogenated alkanes) is 1. The van der Waals surface area contributed by atoms with E-state index in [4.69, 9.17) is 5.73 Å². The van der Waals surface area contributed by atoms with Gasteiger partial charge in [-0.3, -0.25) is 14.4 Å². The summed E-state index contributed by atoms with van der Waals surface area (Å²) in [5, 5.41) is 7.70. The second-order valence-corrected chi connectivity index (χ2v) is 3.98. The van der Waals surface area contributed by atoms with Gasteiger partial charge in [-0.1, -0.05) is 19.8 Å². The van der Waals surface area contributed by atoms with Crippen LogP contribution >= 0.6 is 0 Å². The summed E-state index contributed by atoms with van der Waals surface area (Å²) in [6, 6.07) is -0.620. The second-order valence-electron chi connectivity index (χ2n) is 3.98. The predicted molar refractivity (Wildman–Crippen MR) is 67.6 cm³/mol. The van der Waals surface area contributed by atoms with Gasteiger partial charge >= 0.3 is 0 Å². The molecule has 0 saturated carbocycles. The van der Waals surface area contributed by atoms with Crippen molar-refractivity contribution in [3.05, 3.63) is 0 Å². The highest BCUT2D eigenvalue weighted by Gasteiger charge is 2.19. The SMILES string of the molecule is CCCC[C@H](NC(=O)CNC)C(=O)NCC(N)=O. The summed E-state index contributed by atoms with van der Waals surface area (Å²) in [6.07, 6.45) is 2.27. The van der Waals surface area contributed by atoms with E-state index in [1.54, 1.807) is 7.05 Å². The molecule has 5 N–H and O–H groups in total. The van der Waals surface area contributed by atoms with Crippen LogP contribution in [0.15, 0.2) is 0 Å². The normalized spacial score (nSPS) is 11.7. The minimum absolute atomic E-state index is 0.145. The number of hydrogen-bond donors (Lipinski definition) is 4. The lowest BCUT2D eigenvalue weighted by Gasteiger charge is -2.17. The summed E-state index contributed by atoms with van der Waals surface area (Å²) in [6.45, 7) is 1.92. The van der Waals surface area contributed by atoms with Crippen molar-refractivity contribution in [2.24, 2.45) is 5.73 Å². The zero-order valence-electron chi connectivity index (χ0n) is 10.9. The van der Waals surface area contributed by atoms with Gasteiger partial charge in [0.25, 0.3) is 0 Å². The van der Waals surface area contributed by atoms with E-state index in [-0.39, 0.29) is 24.9 Å². The molecule has 0 aromatic rings. The lowest BCUT2D eigenvalue weighted by Crippen LogP contribution is -2.50. The maximum atomic E-state index is 11.7. The summed E-state index contributed by atoms with van der Waals surface area (Å²) in [7, 11) is 1.65. The molecule has 3 amide bonds. The van der Waals surface area contributed by atoms with Crippen LogP contribution in [0.3, 0.4) is 0 Å². The third-order valence-corrected chi connectivity index (χ3v) is 2.27. The van der Waals surface area contributed by atoms with E-state index in [9.17, 15) is 14.4 Å². The Balaban J connectivity index is 4.31. The van der Waals surface area contributed by atoms with Gasteiger partial charge in [0, 0.05) is 0 Å². The lowest BCUT2D eigenvalue weighted by molar-refractivity contribution is -0.129. The lowest BCUT2D eigenvalue weighted by atomic mass is 10.1. The van der Waals surface area contributed by atoms with Crippen molar-refractivity contribution in [2.45, 2.75) is 32.2 Å². The minimum atomic E-state index is -0.620. The van der Waals surface area contributed by atoms with Crippen molar-refractivity contribution in [2.75, 3.05) is 20.1 Å². The fourth-order valence-electron chi connectivity index (χ4n) is 1.38. The molecule has 0 unspecified atom stereocenters. The van der Waals surface area contributed by atoms with E-state index in [0.29, 0.717) is 6.42 Å². The van der Waals surface area contributed by atoms with E-state index >= 15 is 0 Å². The molecule has 1 atom stereocenters. The van der Waals surface area contributed by atoms with Gasteiger partial charge in [0.15, 0.2) is 0 Å². The molecule has 0 fully saturated rings. The molecule has 0 radical (unpaired) electrons. The zero-order valence-corrected chi connectivity index (χ0v) is 10.9. The molecule has 0 rings (SSSR count). The monoisotopic (exact) mass is 258 g/mol. The van der Waals surface area contributed by atoms with Gasteiger partial charge in [-0.25, -0.2) is 0 Å². The molecule has 0 aromatic heterocycles. The highest BCUT2D eigenvalue weighted by molar-refractivity contribution is 5.90. The van der Waals surface area contributed by atoms with Crippen molar-refractivity contribution < 1.29 is 14.4 Å². The Morgan fingerprint density at radius 3 is 2.39 bits per heavy atom. The van der Waals surface area contributed by atoms with Crippen LogP contribution in [0.1, 0.15) is 26.2 Å². The molecule has 104 valence electrons. The zero-order chi connectivity index (χ0) is 14.0. The van der Waals surface area contributed by atoms with Crippen molar-refractivity contribution in [3.8, 4) is 0 Å². The van der Waals surface area contributed by atoms with E-state index in [2.05, 4.69) is 16.0 Å². The number of nitrogens with one attached hydrogen (secondary N) is 3. The van der Waals surface area contributed by atoms with Crippen LogP contribution in [0.4, 0.5) is 0 Å². The Kier molecular flexibility index (Phi) is 8.55. The van der Waals surface area contributed by atoms with Gasteiger partial charge in [-0.2, -0.15) is 0 Å². The van der Waals surface area contributed by atoms with Gasteiger partial charge in [-0.15, -0.1) is 0 Å². The number of primary amides is 1. The Morgan fingerprint density at radius 2 is 1.89 bits per heavy atom. The average Bonchev–Trinajstić information content (AvgIpc) is 2.31. The van der Waals surface area contributed by atoms with Crippen LogP contribution in [-0.4, -0.2) is 43.9 Å². The number of amides is 3. The molecular weight excluding hydrogens is 236 g/mol. The quantitative estimate of drug-likeness (QED) is 0.402. The smallest absolute Gasteiger partial charge is 0.243 e. The molecule has 0 saturated heterocycles. The van der Waals surface area contributed by atoms with Crippen LogP contribution in [-0.2, 0) is 14.4 Å². The minimum Gasteiger partial charge on any atom is -0.368 e. The molecular formula is C11H22N4O3. The fourth-order valence-corrected chi connectivity index (χ4v) is 1.38. The third kappa shape index (κ3) is 7.61. The largest absolute Gasteiger partial charge is 0.368 e. The molecule has 0 aromatic carbocycles. The number of carbonyl (C=O) groups excluding carboxylic acids is 3. The summed E-state index contributed by atoms with van der Waals surface area (Å²) < 4.78 is 0. The first-order valence-electron chi connectivity index (χ1n) is 6.01. The van der Waals surface area contributed by atoms with Gasteiger partial charge < -0.3 is 21.7 Å². The van der Waals surface area contributed by atoms with Crippen molar-refractivity contribution in [1.82, 2.24) is 16.0 Å². The Hall–Kier alpha value is -1.63. The van der Waals surface area contributed by atoms with Crippen LogP contribution in [0, 0.1) is 0 Å². The van der Waals surface area contributed by atoms with Crippen LogP contribution in [0.2, 0.25) is 0 Å². The van der Waals surface area contributed by atoms with E-state index < -0.39 is 11.9 Å². The van der Waals surface area contributed by atoms with Crippen LogP contribution < -0.4 is 21.7 Å². The van der Waals surface area contributed by atoms with Crippen molar-refractivity contribution in [3.63, 3.8) is 0 Å². The summed E-state index contributed by atoms with van der Waals surface area (Å²) in [4.78, 5) is 33.7. The number of carbonyl (C=O) groups is 3. The molecule has 18 heavy (non-hydrogen) atoms. The van der Waals surface area contributed by atoms with Gasteiger partial charge in [0.05, 0.1) is 13.1 Å². The predicted octanol–water partition coefficient (Wildman–Crippen LogP) is -1.52. The first-order valence-corrected chi connectivity index (χ1v) is 6.01. The van der Waals surface area contributed by atoms with Gasteiger partial charge in [0.1, 0.15) is 6.04 Å². The maximum absolute atomic E-state index is 11.7. The van der Waals surface area contributed by atoms with Crippen LogP contribution in [0.5, 0.6) is 0 Å². The number of hydrogen-bond acceptors (Lipinski definition) is 4. The molecule has 0 aliphatic heterocycles. The van der Waals surface area contributed by atoms with Crippen molar-refractivity contribution in [1.29, 1.82) is 0 Å². The highest BCUT2D eigenvalue weighted by Crippen LogP contribution is 2.00. The fraction of sp³-hybridized carbons (Fsp3) is 0.727. The first-order chi connectivity index (χ1) is 8.51. The van der Waals surface area contributed by atoms with E-state index in [0.717, 1.165) is 12.8 Å². The Morgan fingerprint density at radius 1 is 1.22 bits per heavy atom. The number of nitrogens with two attached hydrogens (primary N) is 1. The average molecular weight is 258 g/mol. The second kappa shape index (κ2) is 9.41. The molecule has 7 nitrogen and oxygen atoms in total. The molecule has 7 heteroatoms. The van der Waals surface area contributed by atoms with E-state index in [1.807, 2.05) is 6.92 Å². The Bertz CT molecular complexity index is 294. The maximum Gasteiger partial charge on any atom is 0.243 e. The van der Waals surface area contributed by atoms with Crippen molar-refractivity contribution >= 4 is 17.7 Å². The Labute approximate surface area is 107 Å². The van der Waals surface area contributed by atoms with E-state index in [1.165, 1.54) is 0 Å². The first kappa shape index (κ1) is 16.4. The highest BCUT2D eigenvalue weighted by atomic mass is 16.2. The standard InChI is InChI=1S/C11H22N4O3/c1-3-4-5-8(15-10(17)7-13-2)11(18)14-6-9(12)16/h8,13H,3-7H2,1-2H3,(H2,12,16)(H,14,18)(H,15,17)/t8-/m0/s1. The number of likely N-dealkylation sites (N-methyl/N-ethyl adjacent to an activating group) is 1. The molecule has 0 spiro atoms. The summed E-state index contributed by atoms with van der Waals surface area (Å²) in [5.41, 5.74) is 4.94. The summed E-state index contributed by atoms with van der Waals surface area (Å²) in [5.74, 6) is -1.25. The molecule has 0 aliphatic carbocycles. The molecule has 0 bridgehead atoms. The topological polar surface area (TPSA) is 113 Å². The van der Waals surface area contributed by atoms with Gasteiger partial charge in [0.2, 0.25) is 17.7 Å². The number of rotatable bonds is 9. The van der Waals surface area contributed by atoms with Gasteiger partial charge in [-0.05, 0) is 13.5 Å². The summed E-state index contributed by atoms with van der Waals surface area (Å²) >= 11 is 0. The third-order valence-electron chi connectivity index (χ3n) is 2.27.